The fraction of sp³-hybridized carbons (Fsp3) is 0.562. The highest BCUT2D eigenvalue weighted by molar-refractivity contribution is 5.78. The molecule has 1 aromatic carbocycles. The van der Waals surface area contributed by atoms with Crippen molar-refractivity contribution in [3.05, 3.63) is 35.4 Å². The number of nitrogens with one attached hydrogen (secondary N) is 1. The van der Waals surface area contributed by atoms with Gasteiger partial charge in [-0.25, -0.2) is 0 Å². The SMILES string of the molecule is Cc1cccc(CC(=O)NC2CCC(C)(C)C2)c1. The quantitative estimate of drug-likeness (QED) is 0.870. The van der Waals surface area contributed by atoms with E-state index >= 15 is 0 Å². The molecule has 0 aliphatic heterocycles. The molecule has 1 aliphatic carbocycles. The van der Waals surface area contributed by atoms with E-state index < -0.39 is 0 Å². The normalized spacial score (nSPS) is 21.8. The van der Waals surface area contributed by atoms with Gasteiger partial charge in [-0.05, 0) is 37.2 Å². The van der Waals surface area contributed by atoms with Crippen molar-refractivity contribution in [2.45, 2.75) is 52.5 Å². The summed E-state index contributed by atoms with van der Waals surface area (Å²) in [5.41, 5.74) is 2.70. The fourth-order valence-electron chi connectivity index (χ4n) is 2.85. The van der Waals surface area contributed by atoms with Crippen LogP contribution in [0, 0.1) is 12.3 Å². The summed E-state index contributed by atoms with van der Waals surface area (Å²) in [5.74, 6) is 0.156. The van der Waals surface area contributed by atoms with Crippen LogP contribution >= 0.6 is 0 Å². The second-order valence-electron chi connectivity index (χ2n) is 6.34. The molecule has 2 nitrogen and oxygen atoms in total. The Morgan fingerprint density at radius 1 is 1.44 bits per heavy atom. The number of carbonyl (C=O) groups is 1. The van der Waals surface area contributed by atoms with Gasteiger partial charge in [-0.2, -0.15) is 0 Å². The monoisotopic (exact) mass is 245 g/mol. The molecule has 1 N–H and O–H groups in total. The summed E-state index contributed by atoms with van der Waals surface area (Å²) in [7, 11) is 0. The Hall–Kier alpha value is -1.31. The molecule has 0 saturated heterocycles. The first-order valence-corrected chi connectivity index (χ1v) is 6.79. The molecule has 0 heterocycles. The van der Waals surface area contributed by atoms with E-state index in [1.807, 2.05) is 12.1 Å². The third-order valence-electron chi connectivity index (χ3n) is 3.78. The predicted molar refractivity (Wildman–Crippen MR) is 74.4 cm³/mol. The van der Waals surface area contributed by atoms with Gasteiger partial charge in [-0.1, -0.05) is 43.7 Å². The number of rotatable bonds is 3. The van der Waals surface area contributed by atoms with E-state index in [0.29, 0.717) is 17.9 Å². The minimum atomic E-state index is 0.156. The molecule has 2 rings (SSSR count). The maximum absolute atomic E-state index is 12.0. The van der Waals surface area contributed by atoms with Gasteiger partial charge in [0.25, 0.3) is 0 Å². The van der Waals surface area contributed by atoms with Gasteiger partial charge in [0.2, 0.25) is 5.91 Å². The molecule has 0 spiro atoms. The number of amides is 1. The van der Waals surface area contributed by atoms with Gasteiger partial charge in [0.15, 0.2) is 0 Å². The maximum Gasteiger partial charge on any atom is 0.224 e. The average molecular weight is 245 g/mol. The van der Waals surface area contributed by atoms with Crippen molar-refractivity contribution in [2.75, 3.05) is 0 Å². The summed E-state index contributed by atoms with van der Waals surface area (Å²) in [6.45, 7) is 6.61. The van der Waals surface area contributed by atoms with Gasteiger partial charge >= 0.3 is 0 Å². The molecule has 1 unspecified atom stereocenters. The summed E-state index contributed by atoms with van der Waals surface area (Å²) in [5, 5.41) is 3.16. The van der Waals surface area contributed by atoms with Gasteiger partial charge in [0.1, 0.15) is 0 Å². The molecule has 1 aliphatic rings. The van der Waals surface area contributed by atoms with Gasteiger partial charge in [-0.15, -0.1) is 0 Å². The van der Waals surface area contributed by atoms with E-state index in [9.17, 15) is 4.79 Å². The second kappa shape index (κ2) is 5.13. The number of hydrogen-bond donors (Lipinski definition) is 1. The number of hydrogen-bond acceptors (Lipinski definition) is 1. The third-order valence-corrected chi connectivity index (χ3v) is 3.78. The Morgan fingerprint density at radius 2 is 2.22 bits per heavy atom. The van der Waals surface area contributed by atoms with Crippen LogP contribution < -0.4 is 5.32 Å². The molecule has 18 heavy (non-hydrogen) atoms. The number of benzene rings is 1. The number of aryl methyl sites for hydroxylation is 1. The predicted octanol–water partition coefficient (Wildman–Crippen LogP) is 3.23. The van der Waals surface area contributed by atoms with E-state index in [2.05, 4.69) is 38.2 Å². The minimum absolute atomic E-state index is 0.156. The van der Waals surface area contributed by atoms with Crippen LogP contribution in [-0.2, 0) is 11.2 Å². The summed E-state index contributed by atoms with van der Waals surface area (Å²) in [4.78, 5) is 12.0. The van der Waals surface area contributed by atoms with Crippen LogP contribution in [0.15, 0.2) is 24.3 Å². The van der Waals surface area contributed by atoms with Crippen LogP contribution in [-0.4, -0.2) is 11.9 Å². The first-order valence-electron chi connectivity index (χ1n) is 6.79. The minimum Gasteiger partial charge on any atom is -0.353 e. The van der Waals surface area contributed by atoms with Crippen molar-refractivity contribution < 1.29 is 4.79 Å². The lowest BCUT2D eigenvalue weighted by atomic mass is 9.92. The highest BCUT2D eigenvalue weighted by Crippen LogP contribution is 2.36. The molecule has 98 valence electrons. The number of carbonyl (C=O) groups excluding carboxylic acids is 1. The van der Waals surface area contributed by atoms with E-state index in [1.54, 1.807) is 0 Å². The molecule has 0 aromatic heterocycles. The molecule has 1 atom stereocenters. The van der Waals surface area contributed by atoms with E-state index in [4.69, 9.17) is 0 Å². The van der Waals surface area contributed by atoms with E-state index in [-0.39, 0.29) is 5.91 Å². The molecule has 1 aromatic rings. The zero-order valence-corrected chi connectivity index (χ0v) is 11.6. The smallest absolute Gasteiger partial charge is 0.224 e. The topological polar surface area (TPSA) is 29.1 Å². The largest absolute Gasteiger partial charge is 0.353 e. The van der Waals surface area contributed by atoms with Crippen LogP contribution in [0.3, 0.4) is 0 Å². The summed E-state index contributed by atoms with van der Waals surface area (Å²) in [6.07, 6.45) is 3.93. The Morgan fingerprint density at radius 3 is 2.83 bits per heavy atom. The Kier molecular flexibility index (Phi) is 3.74. The summed E-state index contributed by atoms with van der Waals surface area (Å²) >= 11 is 0. The first kappa shape index (κ1) is 13.1. The molecule has 1 saturated carbocycles. The third kappa shape index (κ3) is 3.59. The zero-order valence-electron chi connectivity index (χ0n) is 11.6. The van der Waals surface area contributed by atoms with Crippen molar-refractivity contribution in [2.24, 2.45) is 5.41 Å². The zero-order chi connectivity index (χ0) is 13.2. The lowest BCUT2D eigenvalue weighted by molar-refractivity contribution is -0.121. The van der Waals surface area contributed by atoms with E-state index in [1.165, 1.54) is 12.0 Å². The lowest BCUT2D eigenvalue weighted by Crippen LogP contribution is -2.34. The second-order valence-corrected chi connectivity index (χ2v) is 6.34. The van der Waals surface area contributed by atoms with Crippen LogP contribution in [0.25, 0.3) is 0 Å². The van der Waals surface area contributed by atoms with E-state index in [0.717, 1.165) is 18.4 Å². The van der Waals surface area contributed by atoms with Crippen molar-refractivity contribution in [1.82, 2.24) is 5.32 Å². The van der Waals surface area contributed by atoms with Gasteiger partial charge < -0.3 is 5.32 Å². The first-order chi connectivity index (χ1) is 8.44. The fourth-order valence-corrected chi connectivity index (χ4v) is 2.85. The van der Waals surface area contributed by atoms with Gasteiger partial charge in [0.05, 0.1) is 6.42 Å². The van der Waals surface area contributed by atoms with Crippen LogP contribution in [0.4, 0.5) is 0 Å². The summed E-state index contributed by atoms with van der Waals surface area (Å²) in [6, 6.07) is 8.54. The van der Waals surface area contributed by atoms with Crippen molar-refractivity contribution in [1.29, 1.82) is 0 Å². The molecule has 0 radical (unpaired) electrons. The maximum atomic E-state index is 12.0. The molecular weight excluding hydrogens is 222 g/mol. The van der Waals surface area contributed by atoms with Crippen LogP contribution in [0.2, 0.25) is 0 Å². The van der Waals surface area contributed by atoms with Gasteiger partial charge in [-0.3, -0.25) is 4.79 Å². The summed E-state index contributed by atoms with van der Waals surface area (Å²) < 4.78 is 0. The van der Waals surface area contributed by atoms with Crippen molar-refractivity contribution >= 4 is 5.91 Å². The Bertz CT molecular complexity index is 436. The van der Waals surface area contributed by atoms with Crippen molar-refractivity contribution in [3.8, 4) is 0 Å². The molecule has 1 fully saturated rings. The van der Waals surface area contributed by atoms with Crippen molar-refractivity contribution in [3.63, 3.8) is 0 Å². The standard InChI is InChI=1S/C16H23NO/c1-12-5-4-6-13(9-12)10-15(18)17-14-7-8-16(2,3)11-14/h4-6,9,14H,7-8,10-11H2,1-3H3,(H,17,18). The Balaban J connectivity index is 1.86. The van der Waals surface area contributed by atoms with Crippen LogP contribution in [0.5, 0.6) is 0 Å². The Labute approximate surface area is 110 Å². The molecule has 0 bridgehead atoms. The van der Waals surface area contributed by atoms with Gasteiger partial charge in [0, 0.05) is 6.04 Å². The average Bonchev–Trinajstić information content (AvgIpc) is 2.57. The molecule has 1 amide bonds. The van der Waals surface area contributed by atoms with Crippen LogP contribution in [0.1, 0.15) is 44.2 Å². The highest BCUT2D eigenvalue weighted by Gasteiger charge is 2.31. The highest BCUT2D eigenvalue weighted by atomic mass is 16.1. The lowest BCUT2D eigenvalue weighted by Gasteiger charge is -2.17. The molecular formula is C16H23NO. The molecule has 2 heteroatoms.